The van der Waals surface area contributed by atoms with E-state index in [4.69, 9.17) is 9.26 Å². The van der Waals surface area contributed by atoms with Crippen LogP contribution in [0.4, 0.5) is 14.6 Å². The summed E-state index contributed by atoms with van der Waals surface area (Å²) in [6, 6.07) is 9.75. The van der Waals surface area contributed by atoms with Gasteiger partial charge in [-0.1, -0.05) is 23.4 Å². The molecule has 4 aromatic rings. The molecule has 0 saturated carbocycles. The summed E-state index contributed by atoms with van der Waals surface area (Å²) in [6.07, 6.45) is 3.23. The summed E-state index contributed by atoms with van der Waals surface area (Å²) in [6.45, 7) is 3.16. The number of hydrazine groups is 1. The number of rotatable bonds is 8. The normalized spacial score (nSPS) is 13.9. The lowest BCUT2D eigenvalue weighted by atomic mass is 10.2. The second-order valence-electron chi connectivity index (χ2n) is 8.08. The van der Waals surface area contributed by atoms with Gasteiger partial charge >= 0.3 is 5.97 Å². The number of hydrogen-bond acceptors (Lipinski definition) is 9. The van der Waals surface area contributed by atoms with Crippen LogP contribution in [0.2, 0.25) is 0 Å². The number of hydrogen-bond donors (Lipinski definition) is 0. The van der Waals surface area contributed by atoms with E-state index in [2.05, 4.69) is 20.2 Å². The maximum atomic E-state index is 14.8. The Morgan fingerprint density at radius 2 is 2.00 bits per heavy atom. The monoisotopic (exact) mass is 495 g/mol. The molecule has 0 N–H and O–H groups in total. The SMILES string of the molecule is CCOC(=O)CN1CCCN1c1nc(-c2cc(-c3ccon3)n(Cc3ccccc3F)n2)ncc1F. The van der Waals surface area contributed by atoms with Gasteiger partial charge in [0.05, 0.1) is 25.0 Å². The van der Waals surface area contributed by atoms with Crippen LogP contribution in [-0.2, 0) is 16.1 Å². The van der Waals surface area contributed by atoms with Crippen molar-refractivity contribution in [2.45, 2.75) is 19.9 Å². The van der Waals surface area contributed by atoms with Crippen molar-refractivity contribution in [3.63, 3.8) is 0 Å². The van der Waals surface area contributed by atoms with Gasteiger partial charge in [0.25, 0.3) is 0 Å². The fourth-order valence-electron chi connectivity index (χ4n) is 4.07. The topological polar surface area (TPSA) is 102 Å². The molecule has 36 heavy (non-hydrogen) atoms. The maximum Gasteiger partial charge on any atom is 0.322 e. The quantitative estimate of drug-likeness (QED) is 0.341. The number of carbonyl (C=O) groups is 1. The molecular formula is C24H23F2N7O3. The van der Waals surface area contributed by atoms with Crippen LogP contribution in [0.15, 0.2) is 53.4 Å². The Morgan fingerprint density at radius 1 is 1.14 bits per heavy atom. The molecule has 1 aliphatic rings. The molecule has 0 amide bonds. The van der Waals surface area contributed by atoms with Gasteiger partial charge in [-0.3, -0.25) is 14.5 Å². The number of ether oxygens (including phenoxy) is 1. The summed E-state index contributed by atoms with van der Waals surface area (Å²) in [7, 11) is 0. The average Bonchev–Trinajstić information content (AvgIpc) is 3.62. The molecule has 0 spiro atoms. The molecule has 186 valence electrons. The molecule has 0 atom stereocenters. The second kappa shape index (κ2) is 10.2. The first-order valence-corrected chi connectivity index (χ1v) is 11.5. The molecular weight excluding hydrogens is 472 g/mol. The molecule has 1 aliphatic heterocycles. The number of anilines is 1. The lowest BCUT2D eigenvalue weighted by Gasteiger charge is -2.28. The fraction of sp³-hybridized carbons (Fsp3) is 0.292. The van der Waals surface area contributed by atoms with Gasteiger partial charge in [0.15, 0.2) is 17.5 Å². The van der Waals surface area contributed by atoms with E-state index in [9.17, 15) is 13.6 Å². The molecule has 0 radical (unpaired) electrons. The Morgan fingerprint density at radius 3 is 2.78 bits per heavy atom. The number of esters is 1. The highest BCUT2D eigenvalue weighted by molar-refractivity contribution is 5.72. The lowest BCUT2D eigenvalue weighted by molar-refractivity contribution is -0.144. The van der Waals surface area contributed by atoms with Gasteiger partial charge in [0, 0.05) is 24.7 Å². The summed E-state index contributed by atoms with van der Waals surface area (Å²) in [5, 5.41) is 11.9. The third-order valence-electron chi connectivity index (χ3n) is 5.70. The van der Waals surface area contributed by atoms with E-state index < -0.39 is 11.8 Å². The van der Waals surface area contributed by atoms with Crippen molar-refractivity contribution in [2.24, 2.45) is 0 Å². The first-order chi connectivity index (χ1) is 17.5. The molecule has 0 aliphatic carbocycles. The Kier molecular flexibility index (Phi) is 6.67. The van der Waals surface area contributed by atoms with Crippen LogP contribution in [0.1, 0.15) is 18.9 Å². The summed E-state index contributed by atoms with van der Waals surface area (Å²) in [5.74, 6) is -1.18. The zero-order valence-electron chi connectivity index (χ0n) is 19.5. The maximum absolute atomic E-state index is 14.8. The van der Waals surface area contributed by atoms with Crippen molar-refractivity contribution in [2.75, 3.05) is 31.3 Å². The summed E-state index contributed by atoms with van der Waals surface area (Å²) < 4.78 is 40.8. The van der Waals surface area contributed by atoms with Gasteiger partial charge in [-0.25, -0.2) is 23.8 Å². The van der Waals surface area contributed by atoms with Crippen LogP contribution >= 0.6 is 0 Å². The van der Waals surface area contributed by atoms with Crippen molar-refractivity contribution in [1.29, 1.82) is 0 Å². The Balaban J connectivity index is 1.49. The van der Waals surface area contributed by atoms with E-state index in [1.165, 1.54) is 12.3 Å². The zero-order chi connectivity index (χ0) is 25.1. The van der Waals surface area contributed by atoms with Crippen LogP contribution < -0.4 is 5.01 Å². The highest BCUT2D eigenvalue weighted by Gasteiger charge is 2.29. The standard InChI is InChI=1S/C24H23F2N7O3/c1-2-35-22(34)15-31-9-5-10-33(31)24-18(26)13-27-23(28-24)20-12-21(19-8-11-36-30-19)32(29-20)14-16-6-3-4-7-17(16)25/h3-4,6-8,11-13H,2,5,9-10,14-15H2,1H3. The van der Waals surface area contributed by atoms with Crippen molar-refractivity contribution in [3.8, 4) is 22.9 Å². The molecule has 0 unspecified atom stereocenters. The smallest absolute Gasteiger partial charge is 0.322 e. The minimum atomic E-state index is -0.628. The molecule has 1 saturated heterocycles. The minimum Gasteiger partial charge on any atom is -0.465 e. The van der Waals surface area contributed by atoms with Crippen molar-refractivity contribution < 1.29 is 22.8 Å². The van der Waals surface area contributed by atoms with Crippen LogP contribution in [0, 0.1) is 11.6 Å². The molecule has 5 rings (SSSR count). The van der Waals surface area contributed by atoms with Gasteiger partial charge < -0.3 is 9.26 Å². The van der Waals surface area contributed by atoms with Gasteiger partial charge in [-0.05, 0) is 25.5 Å². The molecule has 12 heteroatoms. The van der Waals surface area contributed by atoms with Crippen molar-refractivity contribution >= 4 is 11.8 Å². The number of benzene rings is 1. The molecule has 1 fully saturated rings. The molecule has 0 bridgehead atoms. The van der Waals surface area contributed by atoms with Gasteiger partial charge in [-0.2, -0.15) is 5.10 Å². The van der Waals surface area contributed by atoms with Crippen LogP contribution in [0.5, 0.6) is 0 Å². The molecule has 3 aromatic heterocycles. The number of halogens is 2. The van der Waals surface area contributed by atoms with Crippen LogP contribution in [0.3, 0.4) is 0 Å². The highest BCUT2D eigenvalue weighted by atomic mass is 19.1. The Bertz CT molecular complexity index is 1360. The first-order valence-electron chi connectivity index (χ1n) is 11.5. The van der Waals surface area contributed by atoms with Crippen LogP contribution in [-0.4, -0.2) is 62.1 Å². The van der Waals surface area contributed by atoms with E-state index in [-0.39, 0.29) is 37.2 Å². The summed E-state index contributed by atoms with van der Waals surface area (Å²) in [5.41, 5.74) is 1.83. The molecule has 1 aromatic carbocycles. The van der Waals surface area contributed by atoms with Crippen LogP contribution in [0.25, 0.3) is 22.9 Å². The average molecular weight is 495 g/mol. The fourth-order valence-corrected chi connectivity index (χ4v) is 4.07. The Hall–Kier alpha value is -4.19. The lowest BCUT2D eigenvalue weighted by Crippen LogP contribution is -2.41. The summed E-state index contributed by atoms with van der Waals surface area (Å²) >= 11 is 0. The highest BCUT2D eigenvalue weighted by Crippen LogP contribution is 2.28. The minimum absolute atomic E-state index is 0.0137. The van der Waals surface area contributed by atoms with Crippen molar-refractivity contribution in [3.05, 3.63) is 66.1 Å². The number of aromatic nitrogens is 5. The second-order valence-corrected chi connectivity index (χ2v) is 8.08. The predicted octanol–water partition coefficient (Wildman–Crippen LogP) is 3.31. The molecule has 4 heterocycles. The third kappa shape index (κ3) is 4.80. The predicted molar refractivity (Wildman–Crippen MR) is 124 cm³/mol. The third-order valence-corrected chi connectivity index (χ3v) is 5.70. The van der Waals surface area contributed by atoms with Gasteiger partial charge in [0.2, 0.25) is 0 Å². The summed E-state index contributed by atoms with van der Waals surface area (Å²) in [4.78, 5) is 20.6. The largest absolute Gasteiger partial charge is 0.465 e. The van der Waals surface area contributed by atoms with Gasteiger partial charge in [0.1, 0.15) is 30.0 Å². The number of carbonyl (C=O) groups excluding carboxylic acids is 1. The molecule has 10 nitrogen and oxygen atoms in total. The van der Waals surface area contributed by atoms with E-state index in [0.29, 0.717) is 35.7 Å². The van der Waals surface area contributed by atoms with Crippen molar-refractivity contribution in [1.82, 2.24) is 29.9 Å². The van der Waals surface area contributed by atoms with E-state index >= 15 is 0 Å². The first kappa shape index (κ1) is 23.5. The Labute approximate surface area is 205 Å². The van der Waals surface area contributed by atoms with E-state index in [1.54, 1.807) is 52.0 Å². The zero-order valence-corrected chi connectivity index (χ0v) is 19.5. The van der Waals surface area contributed by atoms with E-state index in [1.807, 2.05) is 0 Å². The van der Waals surface area contributed by atoms with E-state index in [0.717, 1.165) is 12.6 Å². The van der Waals surface area contributed by atoms with Gasteiger partial charge in [-0.15, -0.1) is 0 Å². The number of nitrogens with zero attached hydrogens (tertiary/aromatic N) is 7.